The van der Waals surface area contributed by atoms with E-state index in [9.17, 15) is 4.79 Å². The molecule has 2 heterocycles. The van der Waals surface area contributed by atoms with E-state index in [2.05, 4.69) is 41.3 Å². The highest BCUT2D eigenvalue weighted by Gasteiger charge is 2.13. The molecule has 4 N–H and O–H groups in total. The maximum atomic E-state index is 11.9. The second-order valence-corrected chi connectivity index (χ2v) is 4.28. The van der Waals surface area contributed by atoms with Crippen molar-refractivity contribution in [2.75, 3.05) is 5.43 Å². The maximum absolute atomic E-state index is 11.9. The number of hydrogen-bond acceptors (Lipinski definition) is 6. The Bertz CT molecular complexity index is 543. The minimum atomic E-state index is -0.306. The van der Waals surface area contributed by atoms with Gasteiger partial charge in [0.2, 0.25) is 0 Å². The first-order valence-electron chi connectivity index (χ1n) is 5.00. The van der Waals surface area contributed by atoms with Crippen molar-refractivity contribution in [3.8, 4) is 0 Å². The molecule has 0 aromatic carbocycles. The lowest BCUT2D eigenvalue weighted by molar-refractivity contribution is 0.0950. The Hall–Kier alpha value is -1.93. The van der Waals surface area contributed by atoms with Gasteiger partial charge >= 0.3 is 0 Å². The number of nitrogens with zero attached hydrogens (tertiary/aromatic N) is 2. The monoisotopic (exact) mass is 311 g/mol. The zero-order valence-electron chi connectivity index (χ0n) is 9.18. The average molecular weight is 312 g/mol. The first-order valence-corrected chi connectivity index (χ1v) is 5.79. The lowest BCUT2D eigenvalue weighted by Crippen LogP contribution is -2.25. The molecule has 0 bridgehead atoms. The maximum Gasteiger partial charge on any atom is 0.255 e. The SMILES string of the molecule is NNc1ncc(Br)cc1C(=O)NCc1ccon1. The van der Waals surface area contributed by atoms with Crippen molar-refractivity contribution in [1.29, 1.82) is 0 Å². The van der Waals surface area contributed by atoms with Crippen LogP contribution in [0.15, 0.2) is 33.6 Å². The number of aromatic nitrogens is 2. The highest BCUT2D eigenvalue weighted by Crippen LogP contribution is 2.17. The van der Waals surface area contributed by atoms with Crippen LogP contribution in [0.5, 0.6) is 0 Å². The van der Waals surface area contributed by atoms with E-state index in [0.29, 0.717) is 21.5 Å². The number of hydrazine groups is 1. The van der Waals surface area contributed by atoms with Crippen LogP contribution in [0, 0.1) is 0 Å². The average Bonchev–Trinajstić information content (AvgIpc) is 2.89. The number of anilines is 1. The summed E-state index contributed by atoms with van der Waals surface area (Å²) in [6.07, 6.45) is 2.98. The van der Waals surface area contributed by atoms with E-state index in [0.717, 1.165) is 0 Å². The molecule has 0 spiro atoms. The largest absolute Gasteiger partial charge is 0.364 e. The number of nitrogens with two attached hydrogens (primary N) is 1. The van der Waals surface area contributed by atoms with Gasteiger partial charge in [-0.15, -0.1) is 0 Å². The molecule has 0 aliphatic rings. The molecule has 2 aromatic heterocycles. The van der Waals surface area contributed by atoms with Crippen molar-refractivity contribution in [3.05, 3.63) is 40.3 Å². The van der Waals surface area contributed by atoms with Gasteiger partial charge < -0.3 is 15.3 Å². The molecular weight excluding hydrogens is 302 g/mol. The molecule has 0 fully saturated rings. The predicted octanol–water partition coefficient (Wildman–Crippen LogP) is 1.05. The van der Waals surface area contributed by atoms with Crippen LogP contribution in [0.25, 0.3) is 0 Å². The van der Waals surface area contributed by atoms with Crippen molar-refractivity contribution in [1.82, 2.24) is 15.5 Å². The Morgan fingerprint density at radius 3 is 3.06 bits per heavy atom. The molecule has 0 aliphatic heterocycles. The minimum Gasteiger partial charge on any atom is -0.364 e. The molecule has 0 radical (unpaired) electrons. The highest BCUT2D eigenvalue weighted by atomic mass is 79.9. The lowest BCUT2D eigenvalue weighted by atomic mass is 10.2. The summed E-state index contributed by atoms with van der Waals surface area (Å²) in [5, 5.41) is 6.37. The lowest BCUT2D eigenvalue weighted by Gasteiger charge is -2.08. The number of nitrogen functional groups attached to an aromatic ring is 1. The van der Waals surface area contributed by atoms with Gasteiger partial charge in [0, 0.05) is 16.7 Å². The van der Waals surface area contributed by atoms with Crippen molar-refractivity contribution in [2.45, 2.75) is 6.54 Å². The van der Waals surface area contributed by atoms with Gasteiger partial charge in [0.1, 0.15) is 12.0 Å². The van der Waals surface area contributed by atoms with Crippen LogP contribution in [-0.4, -0.2) is 16.0 Å². The number of amides is 1. The molecule has 0 atom stereocenters. The minimum absolute atomic E-state index is 0.270. The zero-order valence-corrected chi connectivity index (χ0v) is 10.8. The second-order valence-electron chi connectivity index (χ2n) is 3.37. The standard InChI is InChI=1S/C10H10BrN5O2/c11-6-3-8(9(15-12)13-4-6)10(17)14-5-7-1-2-18-16-7/h1-4H,5,12H2,(H,13,15)(H,14,17). The van der Waals surface area contributed by atoms with Crippen LogP contribution in [0.4, 0.5) is 5.82 Å². The second kappa shape index (κ2) is 5.61. The Morgan fingerprint density at radius 1 is 1.56 bits per heavy atom. The van der Waals surface area contributed by atoms with Crippen LogP contribution in [-0.2, 0) is 6.54 Å². The van der Waals surface area contributed by atoms with Crippen molar-refractivity contribution < 1.29 is 9.32 Å². The van der Waals surface area contributed by atoms with E-state index < -0.39 is 0 Å². The number of rotatable bonds is 4. The molecule has 94 valence electrons. The number of halogens is 1. The molecule has 7 nitrogen and oxygen atoms in total. The van der Waals surface area contributed by atoms with Gasteiger partial charge in [-0.2, -0.15) is 0 Å². The third kappa shape index (κ3) is 2.84. The van der Waals surface area contributed by atoms with E-state index in [1.165, 1.54) is 6.26 Å². The van der Waals surface area contributed by atoms with Crippen molar-refractivity contribution >= 4 is 27.7 Å². The van der Waals surface area contributed by atoms with Gasteiger partial charge in [0.25, 0.3) is 5.91 Å². The van der Waals surface area contributed by atoms with Crippen LogP contribution < -0.4 is 16.6 Å². The summed E-state index contributed by atoms with van der Waals surface area (Å²) in [7, 11) is 0. The molecule has 2 rings (SSSR count). The molecular formula is C10H10BrN5O2. The topological polar surface area (TPSA) is 106 Å². The summed E-state index contributed by atoms with van der Waals surface area (Å²) in [6, 6.07) is 3.29. The molecule has 1 amide bonds. The Morgan fingerprint density at radius 2 is 2.39 bits per heavy atom. The van der Waals surface area contributed by atoms with Gasteiger partial charge in [-0.05, 0) is 22.0 Å². The molecule has 8 heteroatoms. The summed E-state index contributed by atoms with van der Waals surface area (Å²) in [6.45, 7) is 0.270. The zero-order chi connectivity index (χ0) is 13.0. The third-order valence-corrected chi connectivity index (χ3v) is 2.59. The number of hydrogen-bond donors (Lipinski definition) is 3. The first-order chi connectivity index (χ1) is 8.70. The number of carbonyl (C=O) groups is 1. The van der Waals surface area contributed by atoms with E-state index in [1.807, 2.05) is 0 Å². The molecule has 0 unspecified atom stereocenters. The summed E-state index contributed by atoms with van der Waals surface area (Å²) >= 11 is 3.25. The Labute approximate surface area is 111 Å². The highest BCUT2D eigenvalue weighted by molar-refractivity contribution is 9.10. The van der Waals surface area contributed by atoms with Gasteiger partial charge in [-0.1, -0.05) is 5.16 Å². The smallest absolute Gasteiger partial charge is 0.255 e. The van der Waals surface area contributed by atoms with Gasteiger partial charge in [0.05, 0.1) is 12.1 Å². The molecule has 2 aromatic rings. The number of nitrogens with one attached hydrogen (secondary N) is 2. The third-order valence-electron chi connectivity index (χ3n) is 2.16. The van der Waals surface area contributed by atoms with Gasteiger partial charge in [0.15, 0.2) is 5.82 Å². The predicted molar refractivity (Wildman–Crippen MR) is 67.4 cm³/mol. The number of pyridine rings is 1. The van der Waals surface area contributed by atoms with Gasteiger partial charge in [-0.3, -0.25) is 4.79 Å². The van der Waals surface area contributed by atoms with Crippen LogP contribution in [0.2, 0.25) is 0 Å². The fraction of sp³-hybridized carbons (Fsp3) is 0.100. The van der Waals surface area contributed by atoms with E-state index in [1.54, 1.807) is 18.3 Å². The first kappa shape index (κ1) is 12.5. The Balaban J connectivity index is 2.10. The summed E-state index contributed by atoms with van der Waals surface area (Å²) in [5.74, 6) is 5.29. The van der Waals surface area contributed by atoms with Gasteiger partial charge in [-0.25, -0.2) is 10.8 Å². The van der Waals surface area contributed by atoms with Crippen LogP contribution in [0.3, 0.4) is 0 Å². The fourth-order valence-electron chi connectivity index (χ4n) is 1.32. The van der Waals surface area contributed by atoms with E-state index in [4.69, 9.17) is 5.84 Å². The summed E-state index contributed by atoms with van der Waals surface area (Å²) in [4.78, 5) is 15.9. The molecule has 0 saturated heterocycles. The fourth-order valence-corrected chi connectivity index (χ4v) is 1.65. The van der Waals surface area contributed by atoms with Crippen LogP contribution >= 0.6 is 15.9 Å². The molecule has 18 heavy (non-hydrogen) atoms. The summed E-state index contributed by atoms with van der Waals surface area (Å²) in [5.41, 5.74) is 3.35. The number of carbonyl (C=O) groups excluding carboxylic acids is 1. The quantitative estimate of drug-likeness (QED) is 0.575. The van der Waals surface area contributed by atoms with Crippen LogP contribution in [0.1, 0.15) is 16.1 Å². The molecule has 0 saturated carbocycles. The Kier molecular flexibility index (Phi) is 3.90. The summed E-state index contributed by atoms with van der Waals surface area (Å²) < 4.78 is 5.35. The van der Waals surface area contributed by atoms with E-state index >= 15 is 0 Å². The van der Waals surface area contributed by atoms with Crippen molar-refractivity contribution in [3.63, 3.8) is 0 Å². The van der Waals surface area contributed by atoms with Crippen molar-refractivity contribution in [2.24, 2.45) is 5.84 Å². The molecule has 0 aliphatic carbocycles. The normalized spacial score (nSPS) is 10.1. The van der Waals surface area contributed by atoms with E-state index in [-0.39, 0.29) is 12.5 Å².